The Morgan fingerprint density at radius 1 is 1.25 bits per heavy atom. The number of phenols is 1. The van der Waals surface area contributed by atoms with Crippen LogP contribution in [-0.4, -0.2) is 41.3 Å². The number of hydrogen-bond acceptors (Lipinski definition) is 3. The summed E-state index contributed by atoms with van der Waals surface area (Å²) in [6, 6.07) is 6.25. The summed E-state index contributed by atoms with van der Waals surface area (Å²) >= 11 is 0. The van der Waals surface area contributed by atoms with Gasteiger partial charge >= 0.3 is 5.97 Å². The normalized spacial score (nSPS) is 13.8. The van der Waals surface area contributed by atoms with Gasteiger partial charge in [0.25, 0.3) is 0 Å². The molecule has 0 spiro atoms. The van der Waals surface area contributed by atoms with Gasteiger partial charge in [0.15, 0.2) is 0 Å². The van der Waals surface area contributed by atoms with Gasteiger partial charge in [0.1, 0.15) is 20.7 Å². The van der Waals surface area contributed by atoms with Crippen molar-refractivity contribution in [1.82, 2.24) is 4.57 Å². The van der Waals surface area contributed by atoms with E-state index in [1.807, 2.05) is 0 Å². The lowest BCUT2D eigenvalue weighted by atomic mass is 10.0. The molecule has 20 heavy (non-hydrogen) atoms. The fourth-order valence-corrected chi connectivity index (χ4v) is 5.26. The number of carboxylic acid groups (broad SMARTS) is 1. The smallest absolute Gasteiger partial charge is 0.320 e. The van der Waals surface area contributed by atoms with Crippen molar-refractivity contribution >= 4 is 14.9 Å². The minimum atomic E-state index is -1.27. The van der Waals surface area contributed by atoms with E-state index in [-0.39, 0.29) is 11.3 Å². The van der Waals surface area contributed by atoms with Crippen molar-refractivity contribution in [2.45, 2.75) is 51.9 Å². The molecule has 4 nitrogen and oxygen atoms in total. The second kappa shape index (κ2) is 6.41. The molecule has 1 rings (SSSR count). The monoisotopic (exact) mass is 295 g/mol. The molecule has 0 aromatic heterocycles. The van der Waals surface area contributed by atoms with Crippen LogP contribution in [0.1, 0.15) is 26.3 Å². The second-order valence-electron chi connectivity index (χ2n) is 6.40. The standard InChI is InChI=1S/C15H25NO3Si/c1-15(2,3)16(20(4)5)13(14(18)19)10-11-6-8-12(17)9-7-11/h6-9,13,17,20H,10H2,1-5H3,(H,18,19). The number of phenolic OH excluding ortho intramolecular Hbond substituents is 1. The van der Waals surface area contributed by atoms with E-state index in [1.165, 1.54) is 0 Å². The number of carboxylic acids is 1. The SMILES string of the molecule is C[SiH](C)N(C(Cc1ccc(O)cc1)C(=O)O)C(C)(C)C. The third kappa shape index (κ3) is 4.35. The Bertz CT molecular complexity index is 451. The van der Waals surface area contributed by atoms with Gasteiger partial charge in [-0.3, -0.25) is 4.79 Å². The lowest BCUT2D eigenvalue weighted by molar-refractivity contribution is -0.143. The van der Waals surface area contributed by atoms with Crippen LogP contribution in [-0.2, 0) is 11.2 Å². The van der Waals surface area contributed by atoms with Crippen LogP contribution < -0.4 is 0 Å². The second-order valence-corrected chi connectivity index (χ2v) is 9.14. The number of carbonyl (C=O) groups is 1. The molecule has 0 bridgehead atoms. The first-order valence-corrected chi connectivity index (χ1v) is 9.74. The van der Waals surface area contributed by atoms with Gasteiger partial charge in [-0.2, -0.15) is 0 Å². The van der Waals surface area contributed by atoms with E-state index in [9.17, 15) is 15.0 Å². The average molecular weight is 295 g/mol. The predicted molar refractivity (Wildman–Crippen MR) is 83.7 cm³/mol. The van der Waals surface area contributed by atoms with Crippen molar-refractivity contribution in [2.75, 3.05) is 0 Å². The van der Waals surface area contributed by atoms with Gasteiger partial charge in [0.2, 0.25) is 0 Å². The number of benzene rings is 1. The highest BCUT2D eigenvalue weighted by Gasteiger charge is 2.35. The largest absolute Gasteiger partial charge is 0.508 e. The Morgan fingerprint density at radius 3 is 2.10 bits per heavy atom. The molecular weight excluding hydrogens is 270 g/mol. The lowest BCUT2D eigenvalue weighted by Gasteiger charge is -2.42. The van der Waals surface area contributed by atoms with E-state index in [0.29, 0.717) is 6.42 Å². The van der Waals surface area contributed by atoms with Gasteiger partial charge in [-0.25, -0.2) is 0 Å². The Hall–Kier alpha value is -1.33. The number of hydrogen-bond donors (Lipinski definition) is 2. The van der Waals surface area contributed by atoms with E-state index < -0.39 is 21.0 Å². The molecular formula is C15H25NO3Si. The van der Waals surface area contributed by atoms with Gasteiger partial charge in [0.05, 0.1) is 0 Å². The maximum absolute atomic E-state index is 11.7. The zero-order valence-electron chi connectivity index (χ0n) is 12.9. The summed E-state index contributed by atoms with van der Waals surface area (Å²) in [5, 5.41) is 18.9. The average Bonchev–Trinajstić information content (AvgIpc) is 2.28. The molecule has 0 aliphatic heterocycles. The zero-order chi connectivity index (χ0) is 15.5. The van der Waals surface area contributed by atoms with E-state index in [2.05, 4.69) is 38.4 Å². The topological polar surface area (TPSA) is 60.8 Å². The number of aromatic hydroxyl groups is 1. The van der Waals surface area contributed by atoms with Crippen LogP contribution in [0.5, 0.6) is 5.75 Å². The summed E-state index contributed by atoms with van der Waals surface area (Å²) < 4.78 is 2.15. The van der Waals surface area contributed by atoms with Crippen molar-refractivity contribution in [1.29, 1.82) is 0 Å². The summed E-state index contributed by atoms with van der Waals surface area (Å²) in [4.78, 5) is 11.7. The van der Waals surface area contributed by atoms with Crippen molar-refractivity contribution in [3.63, 3.8) is 0 Å². The van der Waals surface area contributed by atoms with Gasteiger partial charge < -0.3 is 14.8 Å². The highest BCUT2D eigenvalue weighted by Crippen LogP contribution is 2.22. The van der Waals surface area contributed by atoms with Gasteiger partial charge in [-0.15, -0.1) is 0 Å². The summed E-state index contributed by atoms with van der Waals surface area (Å²) in [7, 11) is -1.27. The highest BCUT2D eigenvalue weighted by atomic mass is 28.3. The third-order valence-corrected chi connectivity index (χ3v) is 5.56. The zero-order valence-corrected chi connectivity index (χ0v) is 14.1. The minimum Gasteiger partial charge on any atom is -0.508 e. The number of aliphatic carboxylic acids is 1. The van der Waals surface area contributed by atoms with Crippen molar-refractivity contribution in [2.24, 2.45) is 0 Å². The molecule has 0 saturated carbocycles. The van der Waals surface area contributed by atoms with Gasteiger partial charge in [0, 0.05) is 5.54 Å². The summed E-state index contributed by atoms with van der Waals surface area (Å²) in [6.07, 6.45) is 0.456. The fraction of sp³-hybridized carbons (Fsp3) is 0.533. The maximum Gasteiger partial charge on any atom is 0.320 e. The molecule has 0 saturated heterocycles. The van der Waals surface area contributed by atoms with E-state index in [0.717, 1.165) is 5.56 Å². The van der Waals surface area contributed by atoms with Crippen LogP contribution in [0.25, 0.3) is 0 Å². The Balaban J connectivity index is 3.04. The predicted octanol–water partition coefficient (Wildman–Crippen LogP) is 2.47. The molecule has 0 heterocycles. The first-order chi connectivity index (χ1) is 9.12. The highest BCUT2D eigenvalue weighted by molar-refractivity contribution is 6.53. The van der Waals surface area contributed by atoms with Crippen LogP contribution in [0.2, 0.25) is 13.1 Å². The molecule has 0 aliphatic rings. The molecule has 0 amide bonds. The quantitative estimate of drug-likeness (QED) is 0.819. The summed E-state index contributed by atoms with van der Waals surface area (Å²) in [5.74, 6) is -0.583. The summed E-state index contributed by atoms with van der Waals surface area (Å²) in [6.45, 7) is 10.5. The molecule has 5 heteroatoms. The van der Waals surface area contributed by atoms with E-state index in [1.54, 1.807) is 24.3 Å². The minimum absolute atomic E-state index is 0.166. The molecule has 1 aromatic carbocycles. The molecule has 1 unspecified atom stereocenters. The first kappa shape index (κ1) is 16.7. The van der Waals surface area contributed by atoms with Gasteiger partial charge in [-0.1, -0.05) is 25.2 Å². The van der Waals surface area contributed by atoms with Crippen LogP contribution in [0.15, 0.2) is 24.3 Å². The maximum atomic E-state index is 11.7. The molecule has 2 N–H and O–H groups in total. The molecule has 1 aromatic rings. The molecule has 0 fully saturated rings. The van der Waals surface area contributed by atoms with Crippen molar-refractivity contribution in [3.05, 3.63) is 29.8 Å². The van der Waals surface area contributed by atoms with Gasteiger partial charge in [-0.05, 0) is 44.9 Å². The Kier molecular flexibility index (Phi) is 5.36. The van der Waals surface area contributed by atoms with E-state index >= 15 is 0 Å². The third-order valence-electron chi connectivity index (χ3n) is 3.32. The Labute approximate surface area is 122 Å². The molecule has 112 valence electrons. The van der Waals surface area contributed by atoms with Crippen molar-refractivity contribution < 1.29 is 15.0 Å². The number of rotatable bonds is 5. The van der Waals surface area contributed by atoms with Crippen LogP contribution in [0, 0.1) is 0 Å². The number of nitrogens with zero attached hydrogens (tertiary/aromatic N) is 1. The molecule has 0 aliphatic carbocycles. The van der Waals surface area contributed by atoms with E-state index in [4.69, 9.17) is 0 Å². The lowest BCUT2D eigenvalue weighted by Crippen LogP contribution is -2.57. The molecule has 0 radical (unpaired) electrons. The Morgan fingerprint density at radius 2 is 1.75 bits per heavy atom. The van der Waals surface area contributed by atoms with Crippen LogP contribution >= 0.6 is 0 Å². The summed E-state index contributed by atoms with van der Waals surface area (Å²) in [5.41, 5.74) is 0.763. The molecule has 1 atom stereocenters. The first-order valence-electron chi connectivity index (χ1n) is 6.92. The van der Waals surface area contributed by atoms with Crippen LogP contribution in [0.4, 0.5) is 0 Å². The van der Waals surface area contributed by atoms with Crippen LogP contribution in [0.3, 0.4) is 0 Å². The van der Waals surface area contributed by atoms with Crippen molar-refractivity contribution in [3.8, 4) is 5.75 Å². The fourth-order valence-electron chi connectivity index (χ4n) is 2.76.